The average molecular weight is 258 g/mol. The molecule has 1 heterocycles. The SMILES string of the molecule is OC(c1ccc2c(c1)CCCO2)C1CC2CCC1C2. The molecule has 2 nitrogen and oxygen atoms in total. The molecule has 1 aromatic carbocycles. The van der Waals surface area contributed by atoms with Crippen LogP contribution < -0.4 is 4.74 Å². The number of ether oxygens (including phenoxy) is 1. The van der Waals surface area contributed by atoms with E-state index in [4.69, 9.17) is 4.74 Å². The van der Waals surface area contributed by atoms with Crippen molar-refractivity contribution in [2.45, 2.75) is 44.6 Å². The molecule has 0 amide bonds. The zero-order valence-corrected chi connectivity index (χ0v) is 11.3. The second-order valence-electron chi connectivity index (χ2n) is 6.60. The monoisotopic (exact) mass is 258 g/mol. The number of hydrogen-bond donors (Lipinski definition) is 1. The van der Waals surface area contributed by atoms with Crippen LogP contribution in [0.2, 0.25) is 0 Å². The fourth-order valence-corrected chi connectivity index (χ4v) is 4.49. The van der Waals surface area contributed by atoms with E-state index < -0.39 is 0 Å². The summed E-state index contributed by atoms with van der Waals surface area (Å²) in [5, 5.41) is 10.7. The van der Waals surface area contributed by atoms with Crippen molar-refractivity contribution in [2.24, 2.45) is 17.8 Å². The highest BCUT2D eigenvalue weighted by Crippen LogP contribution is 2.52. The first-order chi connectivity index (χ1) is 9.31. The number of hydrogen-bond acceptors (Lipinski definition) is 2. The zero-order chi connectivity index (χ0) is 12.8. The molecule has 1 aliphatic heterocycles. The van der Waals surface area contributed by atoms with Gasteiger partial charge in [0.2, 0.25) is 0 Å². The molecule has 4 unspecified atom stereocenters. The van der Waals surface area contributed by atoms with Gasteiger partial charge in [0.05, 0.1) is 12.7 Å². The Balaban J connectivity index is 1.58. The lowest BCUT2D eigenvalue weighted by molar-refractivity contribution is 0.0743. The maximum absolute atomic E-state index is 10.7. The summed E-state index contributed by atoms with van der Waals surface area (Å²) in [5.74, 6) is 3.19. The van der Waals surface area contributed by atoms with Crippen LogP contribution in [0.5, 0.6) is 5.75 Å². The van der Waals surface area contributed by atoms with Crippen molar-refractivity contribution in [3.05, 3.63) is 29.3 Å². The van der Waals surface area contributed by atoms with E-state index in [1.165, 1.54) is 31.2 Å². The molecule has 2 bridgehead atoms. The van der Waals surface area contributed by atoms with Crippen LogP contribution in [0.25, 0.3) is 0 Å². The number of rotatable bonds is 2. The van der Waals surface area contributed by atoms with Crippen molar-refractivity contribution < 1.29 is 9.84 Å². The summed E-state index contributed by atoms with van der Waals surface area (Å²) >= 11 is 0. The van der Waals surface area contributed by atoms with Crippen LogP contribution in [0.4, 0.5) is 0 Å². The van der Waals surface area contributed by atoms with E-state index in [9.17, 15) is 5.11 Å². The van der Waals surface area contributed by atoms with Crippen LogP contribution >= 0.6 is 0 Å². The molecule has 4 atom stereocenters. The first kappa shape index (κ1) is 11.8. The number of aryl methyl sites for hydroxylation is 1. The van der Waals surface area contributed by atoms with Crippen molar-refractivity contribution in [3.8, 4) is 5.75 Å². The topological polar surface area (TPSA) is 29.5 Å². The Morgan fingerprint density at radius 3 is 2.95 bits per heavy atom. The van der Waals surface area contributed by atoms with Crippen molar-refractivity contribution >= 4 is 0 Å². The van der Waals surface area contributed by atoms with Gasteiger partial charge in [0.1, 0.15) is 5.75 Å². The van der Waals surface area contributed by atoms with Crippen LogP contribution in [0.15, 0.2) is 18.2 Å². The van der Waals surface area contributed by atoms with Crippen molar-refractivity contribution in [1.29, 1.82) is 0 Å². The van der Waals surface area contributed by atoms with Gasteiger partial charge in [-0.2, -0.15) is 0 Å². The third kappa shape index (κ3) is 1.97. The van der Waals surface area contributed by atoms with E-state index in [1.807, 2.05) is 0 Å². The van der Waals surface area contributed by atoms with Gasteiger partial charge >= 0.3 is 0 Å². The Labute approximate surface area is 114 Å². The molecular formula is C17H22O2. The predicted molar refractivity (Wildman–Crippen MR) is 74.2 cm³/mol. The minimum atomic E-state index is -0.262. The summed E-state index contributed by atoms with van der Waals surface area (Å²) in [6.07, 6.45) is 7.25. The van der Waals surface area contributed by atoms with Gasteiger partial charge < -0.3 is 9.84 Å². The molecular weight excluding hydrogens is 236 g/mol. The maximum atomic E-state index is 10.7. The molecule has 19 heavy (non-hydrogen) atoms. The van der Waals surface area contributed by atoms with E-state index in [1.54, 1.807) is 0 Å². The fraction of sp³-hybridized carbons (Fsp3) is 0.647. The summed E-state index contributed by atoms with van der Waals surface area (Å²) in [7, 11) is 0. The van der Waals surface area contributed by atoms with Crippen molar-refractivity contribution in [1.82, 2.24) is 0 Å². The zero-order valence-electron chi connectivity index (χ0n) is 11.3. The molecule has 2 heteroatoms. The summed E-state index contributed by atoms with van der Waals surface area (Å²) < 4.78 is 5.65. The van der Waals surface area contributed by atoms with Gasteiger partial charge in [-0.25, -0.2) is 0 Å². The molecule has 2 fully saturated rings. The van der Waals surface area contributed by atoms with Gasteiger partial charge in [-0.15, -0.1) is 0 Å². The van der Waals surface area contributed by atoms with Gasteiger partial charge in [-0.05, 0) is 73.1 Å². The Kier molecular flexibility index (Phi) is 2.80. The van der Waals surface area contributed by atoms with E-state index >= 15 is 0 Å². The Hall–Kier alpha value is -1.02. The summed E-state index contributed by atoms with van der Waals surface area (Å²) in [4.78, 5) is 0. The smallest absolute Gasteiger partial charge is 0.122 e. The maximum Gasteiger partial charge on any atom is 0.122 e. The highest BCUT2D eigenvalue weighted by Gasteiger charge is 2.43. The molecule has 0 radical (unpaired) electrons. The third-order valence-corrected chi connectivity index (χ3v) is 5.47. The molecule has 1 aromatic rings. The number of benzene rings is 1. The Morgan fingerprint density at radius 1 is 1.21 bits per heavy atom. The van der Waals surface area contributed by atoms with Crippen molar-refractivity contribution in [2.75, 3.05) is 6.61 Å². The minimum absolute atomic E-state index is 0.262. The van der Waals surface area contributed by atoms with Crippen LogP contribution in [0.1, 0.15) is 49.3 Å². The standard InChI is InChI=1S/C17H22O2/c18-17(15-9-11-3-4-12(15)8-11)14-5-6-16-13(10-14)2-1-7-19-16/h5-6,10-12,15,17-18H,1-4,7-9H2. The first-order valence-electron chi connectivity index (χ1n) is 7.75. The molecule has 2 aliphatic carbocycles. The average Bonchev–Trinajstić information content (AvgIpc) is 3.08. The van der Waals surface area contributed by atoms with Crippen molar-refractivity contribution in [3.63, 3.8) is 0 Å². The van der Waals surface area contributed by atoms with E-state index in [0.29, 0.717) is 5.92 Å². The number of fused-ring (bicyclic) bond motifs is 3. The molecule has 4 rings (SSSR count). The number of aliphatic hydroxyl groups is 1. The van der Waals surface area contributed by atoms with Gasteiger partial charge in [0.15, 0.2) is 0 Å². The lowest BCUT2D eigenvalue weighted by atomic mass is 9.81. The second kappa shape index (κ2) is 4.52. The lowest BCUT2D eigenvalue weighted by Gasteiger charge is -2.28. The quantitative estimate of drug-likeness (QED) is 0.880. The van der Waals surface area contributed by atoms with E-state index in [-0.39, 0.29) is 6.10 Å². The summed E-state index contributed by atoms with van der Waals surface area (Å²) in [6, 6.07) is 6.31. The van der Waals surface area contributed by atoms with Crippen LogP contribution in [-0.4, -0.2) is 11.7 Å². The summed E-state index contributed by atoms with van der Waals surface area (Å²) in [5.41, 5.74) is 2.40. The van der Waals surface area contributed by atoms with Crippen LogP contribution in [0, 0.1) is 17.8 Å². The van der Waals surface area contributed by atoms with E-state index in [2.05, 4.69) is 18.2 Å². The van der Waals surface area contributed by atoms with Crippen LogP contribution in [0.3, 0.4) is 0 Å². The molecule has 0 spiro atoms. The molecule has 1 N–H and O–H groups in total. The lowest BCUT2D eigenvalue weighted by Crippen LogP contribution is -2.19. The van der Waals surface area contributed by atoms with Gasteiger partial charge in [0, 0.05) is 0 Å². The Bertz CT molecular complexity index is 482. The largest absolute Gasteiger partial charge is 0.493 e. The van der Waals surface area contributed by atoms with Gasteiger partial charge in [-0.3, -0.25) is 0 Å². The van der Waals surface area contributed by atoms with Crippen LogP contribution in [-0.2, 0) is 6.42 Å². The fourth-order valence-electron chi connectivity index (χ4n) is 4.49. The number of aliphatic hydroxyl groups excluding tert-OH is 1. The van der Waals surface area contributed by atoms with E-state index in [0.717, 1.165) is 42.6 Å². The van der Waals surface area contributed by atoms with Gasteiger partial charge in [0.25, 0.3) is 0 Å². The molecule has 0 saturated heterocycles. The molecule has 102 valence electrons. The Morgan fingerprint density at radius 2 is 2.16 bits per heavy atom. The first-order valence-corrected chi connectivity index (χ1v) is 7.75. The molecule has 2 saturated carbocycles. The second-order valence-corrected chi connectivity index (χ2v) is 6.60. The van der Waals surface area contributed by atoms with Gasteiger partial charge in [-0.1, -0.05) is 12.5 Å². The third-order valence-electron chi connectivity index (χ3n) is 5.47. The highest BCUT2D eigenvalue weighted by atomic mass is 16.5. The minimum Gasteiger partial charge on any atom is -0.493 e. The molecule has 0 aromatic heterocycles. The molecule has 3 aliphatic rings. The predicted octanol–water partition coefficient (Wildman–Crippen LogP) is 3.48. The summed E-state index contributed by atoms with van der Waals surface area (Å²) in [6.45, 7) is 0.835. The highest BCUT2D eigenvalue weighted by molar-refractivity contribution is 5.39. The normalized spacial score (nSPS) is 33.8.